The van der Waals surface area contributed by atoms with E-state index in [-0.39, 0.29) is 5.69 Å². The Hall–Kier alpha value is -3.21. The van der Waals surface area contributed by atoms with Gasteiger partial charge in [0.1, 0.15) is 18.2 Å². The molecule has 182 valence electrons. The normalized spacial score (nSPS) is 15.9. The Morgan fingerprint density at radius 1 is 1.06 bits per heavy atom. The molecule has 1 saturated heterocycles. The average Bonchev–Trinajstić information content (AvgIpc) is 3.56. The summed E-state index contributed by atoms with van der Waals surface area (Å²) in [5.41, 5.74) is 0.988. The van der Waals surface area contributed by atoms with Gasteiger partial charge in [-0.3, -0.25) is 0 Å². The number of rotatable bonds is 7. The number of nitrogens with zero attached hydrogens (tertiary/aromatic N) is 7. The molecule has 0 radical (unpaired) electrons. The lowest BCUT2D eigenvalue weighted by molar-refractivity contribution is 0.101. The molecule has 4 aromatic rings. The van der Waals surface area contributed by atoms with Crippen LogP contribution in [0.3, 0.4) is 0 Å². The standard InChI is InChI=1S/C24H26ClN7O2S/c1-2-20(22(33)17-3-5-18(25)6-4-17)32-24(34)31(16-28-32)19-7-8-21(27-15-19)29-10-12-30(13-11-29)23-26-9-14-35-23/h3-9,14-16,20,22,33H,2,10-13H2,1H3/t20?,22-/m1/s1. The molecular formula is C24H26ClN7O2S. The molecule has 4 heterocycles. The van der Waals surface area contributed by atoms with Crippen LogP contribution in [0.15, 0.2) is 65.3 Å². The second kappa shape index (κ2) is 10.2. The van der Waals surface area contributed by atoms with Crippen molar-refractivity contribution in [3.05, 3.63) is 81.6 Å². The molecule has 3 aromatic heterocycles. The van der Waals surface area contributed by atoms with Gasteiger partial charge in [0, 0.05) is 42.8 Å². The van der Waals surface area contributed by atoms with Crippen LogP contribution in [0, 0.1) is 0 Å². The number of anilines is 2. The predicted octanol–water partition coefficient (Wildman–Crippen LogP) is 3.55. The molecule has 1 aliphatic rings. The highest BCUT2D eigenvalue weighted by atomic mass is 35.5. The molecule has 1 aliphatic heterocycles. The predicted molar refractivity (Wildman–Crippen MR) is 138 cm³/mol. The molecule has 35 heavy (non-hydrogen) atoms. The molecule has 0 spiro atoms. The number of aliphatic hydroxyl groups excluding tert-OH is 1. The molecule has 1 unspecified atom stereocenters. The molecule has 1 N–H and O–H groups in total. The van der Waals surface area contributed by atoms with E-state index in [1.54, 1.807) is 41.8 Å². The maximum atomic E-state index is 13.2. The first-order valence-electron chi connectivity index (χ1n) is 11.5. The van der Waals surface area contributed by atoms with E-state index in [2.05, 4.69) is 24.9 Å². The second-order valence-corrected chi connectivity index (χ2v) is 9.67. The lowest BCUT2D eigenvalue weighted by Crippen LogP contribution is -2.46. The van der Waals surface area contributed by atoms with E-state index in [4.69, 9.17) is 11.6 Å². The number of benzene rings is 1. The second-order valence-electron chi connectivity index (χ2n) is 8.36. The maximum Gasteiger partial charge on any atom is 0.350 e. The lowest BCUT2D eigenvalue weighted by Gasteiger charge is -2.35. The highest BCUT2D eigenvalue weighted by Crippen LogP contribution is 2.28. The van der Waals surface area contributed by atoms with Crippen molar-refractivity contribution in [3.63, 3.8) is 0 Å². The van der Waals surface area contributed by atoms with E-state index in [9.17, 15) is 9.90 Å². The third kappa shape index (κ3) is 4.82. The Bertz CT molecular complexity index is 1300. The topological polar surface area (TPSA) is 92.3 Å². The number of hydrogen-bond acceptors (Lipinski definition) is 8. The molecule has 2 atom stereocenters. The van der Waals surface area contributed by atoms with Crippen molar-refractivity contribution in [2.75, 3.05) is 36.0 Å². The summed E-state index contributed by atoms with van der Waals surface area (Å²) in [5, 5.41) is 18.9. The summed E-state index contributed by atoms with van der Waals surface area (Å²) in [7, 11) is 0. The fourth-order valence-electron chi connectivity index (χ4n) is 4.34. The van der Waals surface area contributed by atoms with E-state index in [1.165, 1.54) is 15.6 Å². The Labute approximate surface area is 211 Å². The summed E-state index contributed by atoms with van der Waals surface area (Å²) in [6.07, 6.45) is 4.64. The summed E-state index contributed by atoms with van der Waals surface area (Å²) >= 11 is 7.62. The summed E-state index contributed by atoms with van der Waals surface area (Å²) in [4.78, 5) is 26.7. The van der Waals surface area contributed by atoms with Crippen LogP contribution in [0.1, 0.15) is 31.1 Å². The van der Waals surface area contributed by atoms with Crippen molar-refractivity contribution >= 4 is 33.9 Å². The van der Waals surface area contributed by atoms with Gasteiger partial charge in [-0.1, -0.05) is 30.7 Å². The van der Waals surface area contributed by atoms with Gasteiger partial charge in [-0.25, -0.2) is 24.0 Å². The smallest absolute Gasteiger partial charge is 0.350 e. The van der Waals surface area contributed by atoms with Gasteiger partial charge in [-0.2, -0.15) is 5.10 Å². The van der Waals surface area contributed by atoms with Gasteiger partial charge in [0.05, 0.1) is 17.9 Å². The van der Waals surface area contributed by atoms with Crippen molar-refractivity contribution in [2.45, 2.75) is 25.5 Å². The van der Waals surface area contributed by atoms with Crippen molar-refractivity contribution in [1.82, 2.24) is 24.3 Å². The van der Waals surface area contributed by atoms with Gasteiger partial charge in [0.2, 0.25) is 0 Å². The molecular weight excluding hydrogens is 486 g/mol. The zero-order valence-corrected chi connectivity index (χ0v) is 20.8. The molecule has 5 rings (SSSR count). The monoisotopic (exact) mass is 511 g/mol. The number of aromatic nitrogens is 5. The van der Waals surface area contributed by atoms with Gasteiger partial charge < -0.3 is 14.9 Å². The summed E-state index contributed by atoms with van der Waals surface area (Å²) in [6, 6.07) is 10.3. The Kier molecular flexibility index (Phi) is 6.85. The lowest BCUT2D eigenvalue weighted by atomic mass is 10.0. The van der Waals surface area contributed by atoms with Crippen molar-refractivity contribution in [1.29, 1.82) is 0 Å². The maximum absolute atomic E-state index is 13.2. The first kappa shape index (κ1) is 23.5. The quantitative estimate of drug-likeness (QED) is 0.405. The molecule has 1 aromatic carbocycles. The first-order chi connectivity index (χ1) is 17.0. The van der Waals surface area contributed by atoms with E-state index in [0.717, 1.165) is 37.1 Å². The van der Waals surface area contributed by atoms with E-state index >= 15 is 0 Å². The molecule has 0 aliphatic carbocycles. The molecule has 9 nitrogen and oxygen atoms in total. The van der Waals surface area contributed by atoms with Crippen LogP contribution in [-0.2, 0) is 0 Å². The first-order valence-corrected chi connectivity index (χ1v) is 12.8. The van der Waals surface area contributed by atoms with Crippen LogP contribution >= 0.6 is 22.9 Å². The highest BCUT2D eigenvalue weighted by molar-refractivity contribution is 7.13. The van der Waals surface area contributed by atoms with Crippen LogP contribution in [0.4, 0.5) is 10.9 Å². The fourth-order valence-corrected chi connectivity index (χ4v) is 5.16. The number of hydrogen-bond donors (Lipinski definition) is 1. The SMILES string of the molecule is CCC([C@H](O)c1ccc(Cl)cc1)n1ncn(-c2ccc(N3CCN(c4nccs4)CC3)nc2)c1=O. The highest BCUT2D eigenvalue weighted by Gasteiger charge is 2.25. The molecule has 0 bridgehead atoms. The number of aliphatic hydroxyl groups is 1. The molecule has 0 saturated carbocycles. The van der Waals surface area contributed by atoms with E-state index < -0.39 is 12.1 Å². The number of thiazole rings is 1. The third-order valence-corrected chi connectivity index (χ3v) is 7.39. The van der Waals surface area contributed by atoms with Crippen molar-refractivity contribution in [2.24, 2.45) is 0 Å². The Balaban J connectivity index is 1.30. The van der Waals surface area contributed by atoms with Gasteiger partial charge >= 0.3 is 5.69 Å². The van der Waals surface area contributed by atoms with Crippen LogP contribution in [-0.4, -0.2) is 55.6 Å². The van der Waals surface area contributed by atoms with Crippen molar-refractivity contribution in [3.8, 4) is 5.69 Å². The minimum Gasteiger partial charge on any atom is -0.386 e. The number of pyridine rings is 1. The summed E-state index contributed by atoms with van der Waals surface area (Å²) in [6.45, 7) is 5.39. The summed E-state index contributed by atoms with van der Waals surface area (Å²) < 4.78 is 2.79. The van der Waals surface area contributed by atoms with Crippen molar-refractivity contribution < 1.29 is 5.11 Å². The van der Waals surface area contributed by atoms with Crippen LogP contribution in [0.5, 0.6) is 0 Å². The Morgan fingerprint density at radius 3 is 2.43 bits per heavy atom. The molecule has 0 amide bonds. The van der Waals surface area contributed by atoms with Gasteiger partial charge in [-0.05, 0) is 36.2 Å². The molecule has 11 heteroatoms. The third-order valence-electron chi connectivity index (χ3n) is 6.31. The largest absolute Gasteiger partial charge is 0.386 e. The summed E-state index contributed by atoms with van der Waals surface area (Å²) in [5.74, 6) is 0.873. The van der Waals surface area contributed by atoms with Gasteiger partial charge in [0.15, 0.2) is 5.13 Å². The van der Waals surface area contributed by atoms with E-state index in [0.29, 0.717) is 22.7 Å². The zero-order chi connectivity index (χ0) is 24.4. The van der Waals surface area contributed by atoms with Crippen LogP contribution < -0.4 is 15.5 Å². The van der Waals surface area contributed by atoms with Crippen LogP contribution in [0.25, 0.3) is 5.69 Å². The zero-order valence-electron chi connectivity index (χ0n) is 19.2. The number of piperazine rings is 1. The van der Waals surface area contributed by atoms with E-state index in [1.807, 2.05) is 30.6 Å². The minimum atomic E-state index is -0.887. The van der Waals surface area contributed by atoms with Gasteiger partial charge in [-0.15, -0.1) is 11.3 Å². The number of halogens is 1. The minimum absolute atomic E-state index is 0.323. The fraction of sp³-hybridized carbons (Fsp3) is 0.333. The van der Waals surface area contributed by atoms with Gasteiger partial charge in [0.25, 0.3) is 0 Å². The Morgan fingerprint density at radius 2 is 1.80 bits per heavy atom. The molecule has 1 fully saturated rings. The van der Waals surface area contributed by atoms with Crippen LogP contribution in [0.2, 0.25) is 5.02 Å². The average molecular weight is 512 g/mol.